The van der Waals surface area contributed by atoms with Gasteiger partial charge in [-0.25, -0.2) is 13.1 Å². The molecule has 0 spiro atoms. The van der Waals surface area contributed by atoms with Crippen LogP contribution in [0.2, 0.25) is 0 Å². The monoisotopic (exact) mass is 339 g/mol. The highest BCUT2D eigenvalue weighted by molar-refractivity contribution is 7.89. The third-order valence-electron chi connectivity index (χ3n) is 4.57. The van der Waals surface area contributed by atoms with Crippen molar-refractivity contribution in [2.75, 3.05) is 19.0 Å². The average molecular weight is 339 g/mol. The number of rotatable bonds is 7. The molecule has 1 N–H and O–H groups in total. The van der Waals surface area contributed by atoms with Gasteiger partial charge in [-0.2, -0.15) is 0 Å². The molecule has 0 aromatic heterocycles. The molecule has 3 rings (SSSR count). The molecule has 1 unspecified atom stereocenters. The second-order valence-electron chi connectivity index (χ2n) is 6.65. The highest BCUT2D eigenvalue weighted by Gasteiger charge is 2.40. The van der Waals surface area contributed by atoms with E-state index in [1.54, 1.807) is 0 Å². The molecule has 1 aromatic rings. The fourth-order valence-electron chi connectivity index (χ4n) is 3.38. The molecule has 0 amide bonds. The molecule has 2 aliphatic heterocycles. The Morgan fingerprint density at radius 1 is 1.26 bits per heavy atom. The highest BCUT2D eigenvalue weighted by atomic mass is 32.2. The van der Waals surface area contributed by atoms with Crippen LogP contribution in [0.25, 0.3) is 0 Å². The number of hydrogen-bond donors (Lipinski definition) is 1. The van der Waals surface area contributed by atoms with E-state index in [2.05, 4.69) is 16.9 Å². The summed E-state index contributed by atoms with van der Waals surface area (Å²) >= 11 is 0. The lowest BCUT2D eigenvalue weighted by atomic mass is 10.0. The van der Waals surface area contributed by atoms with E-state index in [1.165, 1.54) is 5.56 Å². The molecular formula is C17H25NO4S. The molecule has 1 aromatic carbocycles. The molecule has 2 saturated heterocycles. The summed E-state index contributed by atoms with van der Waals surface area (Å²) in [6.07, 6.45) is 2.32. The number of ether oxygens (including phenoxy) is 2. The Bertz CT molecular complexity index is 592. The van der Waals surface area contributed by atoms with Gasteiger partial charge < -0.3 is 9.47 Å². The average Bonchev–Trinajstić information content (AvgIpc) is 3.06. The van der Waals surface area contributed by atoms with Crippen molar-refractivity contribution in [3.63, 3.8) is 0 Å². The Morgan fingerprint density at radius 2 is 2.04 bits per heavy atom. The zero-order chi connectivity index (χ0) is 16.3. The van der Waals surface area contributed by atoms with E-state index in [-0.39, 0.29) is 24.0 Å². The fourth-order valence-corrected chi connectivity index (χ4v) is 4.91. The predicted octanol–water partition coefficient (Wildman–Crippen LogP) is 1.73. The molecule has 4 atom stereocenters. The first-order chi connectivity index (χ1) is 11.0. The first-order valence-corrected chi connectivity index (χ1v) is 9.94. The van der Waals surface area contributed by atoms with Crippen LogP contribution in [-0.2, 0) is 25.9 Å². The van der Waals surface area contributed by atoms with Gasteiger partial charge in [-0.05, 0) is 31.7 Å². The lowest BCUT2D eigenvalue weighted by molar-refractivity contribution is 0.0299. The van der Waals surface area contributed by atoms with E-state index in [9.17, 15) is 8.42 Å². The molecule has 0 saturated carbocycles. The van der Waals surface area contributed by atoms with Gasteiger partial charge in [-0.1, -0.05) is 30.3 Å². The van der Waals surface area contributed by atoms with E-state index in [0.717, 1.165) is 19.3 Å². The van der Waals surface area contributed by atoms with Crippen molar-refractivity contribution < 1.29 is 17.9 Å². The van der Waals surface area contributed by atoms with Gasteiger partial charge in [0.05, 0.1) is 31.2 Å². The maximum absolute atomic E-state index is 12.3. The van der Waals surface area contributed by atoms with Gasteiger partial charge in [-0.15, -0.1) is 0 Å². The number of hydrogen-bond acceptors (Lipinski definition) is 4. The maximum atomic E-state index is 12.3. The number of aryl methyl sites for hydroxylation is 1. The maximum Gasteiger partial charge on any atom is 0.214 e. The third kappa shape index (κ3) is 4.76. The number of nitrogens with one attached hydrogen (secondary N) is 1. The van der Waals surface area contributed by atoms with Crippen LogP contribution in [0.1, 0.15) is 25.3 Å². The van der Waals surface area contributed by atoms with E-state index in [0.29, 0.717) is 19.1 Å². The minimum Gasteiger partial charge on any atom is -0.378 e. The molecular weight excluding hydrogens is 314 g/mol. The fraction of sp³-hybridized carbons (Fsp3) is 0.647. The molecule has 5 nitrogen and oxygen atoms in total. The van der Waals surface area contributed by atoms with Gasteiger partial charge in [-0.3, -0.25) is 0 Å². The van der Waals surface area contributed by atoms with Crippen molar-refractivity contribution >= 4 is 10.0 Å². The minimum absolute atomic E-state index is 0.0513. The van der Waals surface area contributed by atoms with Gasteiger partial charge in [0, 0.05) is 12.0 Å². The lowest BCUT2D eigenvalue weighted by Crippen LogP contribution is -2.38. The van der Waals surface area contributed by atoms with Gasteiger partial charge in [0.1, 0.15) is 0 Å². The molecule has 2 aliphatic rings. The molecule has 0 aliphatic carbocycles. The van der Waals surface area contributed by atoms with Crippen LogP contribution < -0.4 is 4.72 Å². The number of sulfonamides is 1. The topological polar surface area (TPSA) is 64.6 Å². The lowest BCUT2D eigenvalue weighted by Gasteiger charge is -2.17. The van der Waals surface area contributed by atoms with Crippen LogP contribution in [0.15, 0.2) is 30.3 Å². The predicted molar refractivity (Wildman–Crippen MR) is 88.7 cm³/mol. The molecule has 0 bridgehead atoms. The molecule has 2 heterocycles. The highest BCUT2D eigenvalue weighted by Crippen LogP contribution is 2.31. The Hall–Kier alpha value is -0.950. The quantitative estimate of drug-likeness (QED) is 0.822. The normalized spacial score (nSPS) is 28.7. The number of benzene rings is 1. The second kappa shape index (κ2) is 7.30. The minimum atomic E-state index is -3.32. The van der Waals surface area contributed by atoms with Crippen molar-refractivity contribution in [2.45, 2.75) is 44.4 Å². The van der Waals surface area contributed by atoms with Crippen LogP contribution in [0.4, 0.5) is 0 Å². The van der Waals surface area contributed by atoms with E-state index in [1.807, 2.05) is 25.1 Å². The first-order valence-electron chi connectivity index (χ1n) is 8.29. The van der Waals surface area contributed by atoms with E-state index in [4.69, 9.17) is 9.47 Å². The largest absolute Gasteiger partial charge is 0.378 e. The van der Waals surface area contributed by atoms with E-state index < -0.39 is 10.0 Å². The standard InChI is InChI=1S/C17H25NO4S/c1-13(7-8-14-5-3-2-4-6-14)18-23(19,20)12-16-9-15-10-21-11-17(15)22-16/h2-6,13,15-18H,7-12H2,1H3/t13?,15-,16-,17-/m0/s1. The summed E-state index contributed by atoms with van der Waals surface area (Å²) < 4.78 is 38.5. The summed E-state index contributed by atoms with van der Waals surface area (Å²) in [6.45, 7) is 3.21. The van der Waals surface area contributed by atoms with Crippen molar-refractivity contribution in [3.05, 3.63) is 35.9 Å². The van der Waals surface area contributed by atoms with Crippen molar-refractivity contribution in [1.82, 2.24) is 4.72 Å². The van der Waals surface area contributed by atoms with Gasteiger partial charge in [0.2, 0.25) is 10.0 Å². The van der Waals surface area contributed by atoms with Crippen LogP contribution in [-0.4, -0.2) is 45.6 Å². The zero-order valence-electron chi connectivity index (χ0n) is 13.5. The van der Waals surface area contributed by atoms with Gasteiger partial charge in [0.25, 0.3) is 0 Å². The Kier molecular flexibility index (Phi) is 5.36. The summed E-state index contributed by atoms with van der Waals surface area (Å²) in [7, 11) is -3.32. The summed E-state index contributed by atoms with van der Waals surface area (Å²) in [4.78, 5) is 0. The first kappa shape index (κ1) is 16.9. The van der Waals surface area contributed by atoms with Gasteiger partial charge >= 0.3 is 0 Å². The summed E-state index contributed by atoms with van der Waals surface area (Å²) in [6, 6.07) is 10.0. The van der Waals surface area contributed by atoms with E-state index >= 15 is 0 Å². The third-order valence-corrected chi connectivity index (χ3v) is 6.14. The van der Waals surface area contributed by atoms with Gasteiger partial charge in [0.15, 0.2) is 0 Å². The zero-order valence-corrected chi connectivity index (χ0v) is 14.3. The molecule has 128 valence electrons. The smallest absolute Gasteiger partial charge is 0.214 e. The molecule has 23 heavy (non-hydrogen) atoms. The molecule has 2 fully saturated rings. The molecule has 0 radical (unpaired) electrons. The Balaban J connectivity index is 1.44. The van der Waals surface area contributed by atoms with Crippen LogP contribution in [0, 0.1) is 5.92 Å². The van der Waals surface area contributed by atoms with Crippen molar-refractivity contribution in [1.29, 1.82) is 0 Å². The summed E-state index contributed by atoms with van der Waals surface area (Å²) in [5.41, 5.74) is 1.23. The van der Waals surface area contributed by atoms with Crippen LogP contribution >= 0.6 is 0 Å². The Labute approximate surface area is 138 Å². The summed E-state index contributed by atoms with van der Waals surface area (Å²) in [5.74, 6) is 0.418. The van der Waals surface area contributed by atoms with Crippen molar-refractivity contribution in [2.24, 2.45) is 5.92 Å². The molecule has 6 heteroatoms. The van der Waals surface area contributed by atoms with Crippen LogP contribution in [0.3, 0.4) is 0 Å². The Morgan fingerprint density at radius 3 is 2.78 bits per heavy atom. The summed E-state index contributed by atoms with van der Waals surface area (Å²) in [5, 5.41) is 0. The number of fused-ring (bicyclic) bond motifs is 1. The van der Waals surface area contributed by atoms with Crippen molar-refractivity contribution in [3.8, 4) is 0 Å². The van der Waals surface area contributed by atoms with Crippen LogP contribution in [0.5, 0.6) is 0 Å². The second-order valence-corrected chi connectivity index (χ2v) is 8.45. The SMILES string of the molecule is CC(CCc1ccccc1)NS(=O)(=O)C[C@@H]1C[C@H]2COC[C@@H]2O1.